The van der Waals surface area contributed by atoms with Crippen molar-refractivity contribution in [2.75, 3.05) is 0 Å². The van der Waals surface area contributed by atoms with Crippen LogP contribution in [0.5, 0.6) is 0 Å². The van der Waals surface area contributed by atoms with E-state index in [-0.39, 0.29) is 11.6 Å². The van der Waals surface area contributed by atoms with Gasteiger partial charge in [-0.25, -0.2) is 0 Å². The molecule has 0 aliphatic carbocycles. The molecule has 2 nitrogen and oxygen atoms in total. The Morgan fingerprint density at radius 2 is 2.21 bits per heavy atom. The highest BCUT2D eigenvalue weighted by Crippen LogP contribution is 2.37. The van der Waals surface area contributed by atoms with Crippen molar-refractivity contribution in [1.82, 2.24) is 0 Å². The summed E-state index contributed by atoms with van der Waals surface area (Å²) in [5.41, 5.74) is 8.48. The van der Waals surface area contributed by atoms with Crippen LogP contribution in [0.25, 0.3) is 0 Å². The first-order valence-corrected chi connectivity index (χ1v) is 5.15. The zero-order valence-electron chi connectivity index (χ0n) is 8.79. The van der Waals surface area contributed by atoms with Crippen molar-refractivity contribution < 1.29 is 4.74 Å². The Morgan fingerprint density at radius 3 is 2.93 bits per heavy atom. The molecule has 0 radical (unpaired) electrons. The number of nitrogens with two attached hydrogens (primary N) is 1. The van der Waals surface area contributed by atoms with Crippen molar-refractivity contribution in [1.29, 1.82) is 0 Å². The van der Waals surface area contributed by atoms with Gasteiger partial charge in [0.1, 0.15) is 0 Å². The Kier molecular flexibility index (Phi) is 2.33. The molecule has 0 spiro atoms. The topological polar surface area (TPSA) is 35.2 Å². The van der Waals surface area contributed by atoms with Crippen molar-refractivity contribution in [2.24, 2.45) is 5.73 Å². The second-order valence-corrected chi connectivity index (χ2v) is 4.13. The molecule has 0 saturated heterocycles. The molecule has 0 aromatic heterocycles. The number of ether oxygens (including phenoxy) is 1. The molecule has 2 unspecified atom stereocenters. The lowest BCUT2D eigenvalue weighted by Crippen LogP contribution is -2.43. The van der Waals surface area contributed by atoms with Gasteiger partial charge in [-0.2, -0.15) is 0 Å². The number of hydrogen-bond acceptors (Lipinski definition) is 2. The summed E-state index contributed by atoms with van der Waals surface area (Å²) in [4.78, 5) is 0. The minimum absolute atomic E-state index is 0.00236. The zero-order chi connectivity index (χ0) is 10.2. The van der Waals surface area contributed by atoms with Crippen LogP contribution in [0.2, 0.25) is 0 Å². The quantitative estimate of drug-likeness (QED) is 0.739. The average Bonchev–Trinajstić information content (AvgIpc) is 2.24. The predicted molar refractivity (Wildman–Crippen MR) is 56.9 cm³/mol. The first-order valence-electron chi connectivity index (χ1n) is 5.15. The average molecular weight is 191 g/mol. The third-order valence-electron chi connectivity index (χ3n) is 3.31. The maximum Gasteiger partial charge on any atom is 0.0848 e. The van der Waals surface area contributed by atoms with E-state index in [0.29, 0.717) is 6.61 Å². The number of fused-ring (bicyclic) bond motifs is 1. The van der Waals surface area contributed by atoms with Crippen molar-refractivity contribution >= 4 is 0 Å². The zero-order valence-corrected chi connectivity index (χ0v) is 8.79. The summed E-state index contributed by atoms with van der Waals surface area (Å²) in [6, 6.07) is 8.27. The normalized spacial score (nSPS) is 31.2. The molecule has 1 aliphatic heterocycles. The van der Waals surface area contributed by atoms with E-state index in [2.05, 4.69) is 26.0 Å². The third kappa shape index (κ3) is 1.35. The van der Waals surface area contributed by atoms with E-state index in [1.807, 2.05) is 12.1 Å². The van der Waals surface area contributed by atoms with Gasteiger partial charge in [-0.05, 0) is 24.5 Å². The second-order valence-electron chi connectivity index (χ2n) is 4.13. The van der Waals surface area contributed by atoms with Gasteiger partial charge >= 0.3 is 0 Å². The molecule has 14 heavy (non-hydrogen) atoms. The fraction of sp³-hybridized carbons (Fsp3) is 0.500. The molecule has 2 rings (SSSR count). The summed E-state index contributed by atoms with van der Waals surface area (Å²) in [6.07, 6.45) is 0.947. The van der Waals surface area contributed by atoms with Gasteiger partial charge in [0.15, 0.2) is 0 Å². The Bertz CT molecular complexity index is 337. The molecule has 2 atom stereocenters. The molecule has 0 saturated carbocycles. The molecular formula is C12H17NO. The van der Waals surface area contributed by atoms with Gasteiger partial charge in [-0.1, -0.05) is 31.2 Å². The highest BCUT2D eigenvalue weighted by Gasteiger charge is 2.36. The van der Waals surface area contributed by atoms with E-state index >= 15 is 0 Å². The van der Waals surface area contributed by atoms with Crippen LogP contribution in [0.3, 0.4) is 0 Å². The lowest BCUT2D eigenvalue weighted by Gasteiger charge is -2.40. The summed E-state index contributed by atoms with van der Waals surface area (Å²) in [5.74, 6) is 0. The van der Waals surface area contributed by atoms with Crippen LogP contribution in [0, 0.1) is 0 Å². The summed E-state index contributed by atoms with van der Waals surface area (Å²) in [6.45, 7) is 4.90. The van der Waals surface area contributed by atoms with Crippen LogP contribution in [0.15, 0.2) is 24.3 Å². The Labute approximate surface area is 85.1 Å². The Morgan fingerprint density at radius 1 is 1.50 bits per heavy atom. The third-order valence-corrected chi connectivity index (χ3v) is 3.31. The molecular weight excluding hydrogens is 174 g/mol. The van der Waals surface area contributed by atoms with Crippen molar-refractivity contribution in [2.45, 2.75) is 38.5 Å². The lowest BCUT2D eigenvalue weighted by molar-refractivity contribution is -0.0764. The Hall–Kier alpha value is -0.860. The minimum atomic E-state index is -0.200. The molecule has 1 aliphatic rings. The van der Waals surface area contributed by atoms with E-state index in [1.165, 1.54) is 11.1 Å². The van der Waals surface area contributed by atoms with Crippen LogP contribution >= 0.6 is 0 Å². The lowest BCUT2D eigenvalue weighted by atomic mass is 9.84. The van der Waals surface area contributed by atoms with Gasteiger partial charge < -0.3 is 10.5 Å². The molecule has 1 aromatic carbocycles. The van der Waals surface area contributed by atoms with Crippen molar-refractivity contribution in [3.63, 3.8) is 0 Å². The largest absolute Gasteiger partial charge is 0.369 e. The van der Waals surface area contributed by atoms with Gasteiger partial charge in [0, 0.05) is 0 Å². The number of rotatable bonds is 1. The van der Waals surface area contributed by atoms with Crippen LogP contribution in [0.4, 0.5) is 0 Å². The van der Waals surface area contributed by atoms with E-state index in [0.717, 1.165) is 6.42 Å². The van der Waals surface area contributed by atoms with Crippen molar-refractivity contribution in [3.8, 4) is 0 Å². The standard InChI is InChI=1S/C12H17NO/c1-3-12(2)11(13)10-7-5-4-6-9(10)8-14-12/h4-7,11H,3,8,13H2,1-2H3. The minimum Gasteiger partial charge on any atom is -0.369 e. The molecule has 0 amide bonds. The molecule has 0 fully saturated rings. The van der Waals surface area contributed by atoms with Gasteiger partial charge in [0.2, 0.25) is 0 Å². The highest BCUT2D eigenvalue weighted by molar-refractivity contribution is 5.33. The summed E-state index contributed by atoms with van der Waals surface area (Å²) >= 11 is 0. The maximum atomic E-state index is 6.21. The van der Waals surface area contributed by atoms with Crippen LogP contribution < -0.4 is 5.73 Å². The fourth-order valence-corrected chi connectivity index (χ4v) is 1.95. The van der Waals surface area contributed by atoms with E-state index in [4.69, 9.17) is 10.5 Å². The highest BCUT2D eigenvalue weighted by atomic mass is 16.5. The molecule has 2 heteroatoms. The molecule has 1 heterocycles. The first-order chi connectivity index (χ1) is 6.67. The summed E-state index contributed by atoms with van der Waals surface area (Å²) < 4.78 is 5.83. The van der Waals surface area contributed by atoms with Crippen LogP contribution in [-0.2, 0) is 11.3 Å². The van der Waals surface area contributed by atoms with Crippen LogP contribution in [0.1, 0.15) is 37.4 Å². The van der Waals surface area contributed by atoms with Gasteiger partial charge in [0.25, 0.3) is 0 Å². The monoisotopic (exact) mass is 191 g/mol. The van der Waals surface area contributed by atoms with E-state index in [9.17, 15) is 0 Å². The smallest absolute Gasteiger partial charge is 0.0848 e. The Balaban J connectivity index is 2.41. The predicted octanol–water partition coefficient (Wildman–Crippen LogP) is 2.39. The molecule has 1 aromatic rings. The molecule has 0 bridgehead atoms. The SMILES string of the molecule is CCC1(C)OCc2ccccc2C1N. The summed E-state index contributed by atoms with van der Waals surface area (Å²) in [7, 11) is 0. The van der Waals surface area contributed by atoms with E-state index in [1.54, 1.807) is 0 Å². The van der Waals surface area contributed by atoms with Crippen LogP contribution in [-0.4, -0.2) is 5.60 Å². The van der Waals surface area contributed by atoms with Gasteiger partial charge in [0.05, 0.1) is 18.2 Å². The van der Waals surface area contributed by atoms with Crippen molar-refractivity contribution in [3.05, 3.63) is 35.4 Å². The number of benzene rings is 1. The van der Waals surface area contributed by atoms with E-state index < -0.39 is 0 Å². The fourth-order valence-electron chi connectivity index (χ4n) is 1.95. The maximum absolute atomic E-state index is 6.21. The molecule has 2 N–H and O–H groups in total. The summed E-state index contributed by atoms with van der Waals surface area (Å²) in [5, 5.41) is 0. The second kappa shape index (κ2) is 3.37. The van der Waals surface area contributed by atoms with Gasteiger partial charge in [-0.3, -0.25) is 0 Å². The first kappa shape index (κ1) is 9.69. The van der Waals surface area contributed by atoms with Gasteiger partial charge in [-0.15, -0.1) is 0 Å². The number of hydrogen-bond donors (Lipinski definition) is 1. The molecule has 76 valence electrons.